The number of carbonyl (C=O) groups excluding carboxylic acids is 2. The van der Waals surface area contributed by atoms with Gasteiger partial charge in [-0.1, -0.05) is 6.07 Å². The summed E-state index contributed by atoms with van der Waals surface area (Å²) in [7, 11) is 0. The van der Waals surface area contributed by atoms with E-state index in [1.807, 2.05) is 0 Å². The molecule has 1 aliphatic heterocycles. The number of halogens is 2. The number of hydrogen-bond acceptors (Lipinski definition) is 6. The van der Waals surface area contributed by atoms with E-state index in [2.05, 4.69) is 9.97 Å². The van der Waals surface area contributed by atoms with Crippen molar-refractivity contribution in [1.82, 2.24) is 9.97 Å². The molecule has 1 unspecified atom stereocenters. The molecule has 3 heterocycles. The number of thiazole rings is 1. The topological polar surface area (TPSA) is 83.4 Å². The summed E-state index contributed by atoms with van der Waals surface area (Å²) in [4.78, 5) is 36.0. The zero-order valence-corrected chi connectivity index (χ0v) is 16.7. The molecule has 0 saturated carbocycles. The lowest BCUT2D eigenvalue weighted by Gasteiger charge is -2.26. The smallest absolute Gasteiger partial charge is 0.294 e. The molecule has 1 amide bonds. The van der Waals surface area contributed by atoms with Gasteiger partial charge in [0.05, 0.1) is 26.8 Å². The van der Waals surface area contributed by atoms with Crippen molar-refractivity contribution >= 4 is 28.7 Å². The number of ketones is 1. The van der Waals surface area contributed by atoms with Crippen molar-refractivity contribution in [2.45, 2.75) is 19.9 Å². The van der Waals surface area contributed by atoms with E-state index in [0.29, 0.717) is 16.4 Å². The fourth-order valence-electron chi connectivity index (χ4n) is 3.42. The van der Waals surface area contributed by atoms with Gasteiger partial charge in [0.2, 0.25) is 5.78 Å². The molecule has 3 aromatic rings. The Kier molecular flexibility index (Phi) is 4.90. The second-order valence-electron chi connectivity index (χ2n) is 6.67. The van der Waals surface area contributed by atoms with Crippen molar-refractivity contribution in [3.8, 4) is 0 Å². The van der Waals surface area contributed by atoms with E-state index >= 15 is 0 Å². The Morgan fingerprint density at radius 2 is 1.93 bits per heavy atom. The molecule has 0 bridgehead atoms. The van der Waals surface area contributed by atoms with Gasteiger partial charge in [0.15, 0.2) is 17.4 Å². The van der Waals surface area contributed by atoms with Crippen LogP contribution < -0.4 is 4.90 Å². The summed E-state index contributed by atoms with van der Waals surface area (Å²) in [6, 6.07) is 6.71. The minimum absolute atomic E-state index is 0.0129. The van der Waals surface area contributed by atoms with Crippen molar-refractivity contribution in [3.05, 3.63) is 86.8 Å². The fraction of sp³-hybridized carbons (Fsp3) is 0.143. The maximum Gasteiger partial charge on any atom is 0.294 e. The predicted octanol–water partition coefficient (Wildman–Crippen LogP) is 4.22. The summed E-state index contributed by atoms with van der Waals surface area (Å²) in [5.74, 6) is -4.47. The van der Waals surface area contributed by atoms with Crippen molar-refractivity contribution in [2.24, 2.45) is 0 Å². The monoisotopic (exact) mass is 427 g/mol. The Hall–Kier alpha value is -3.46. The van der Waals surface area contributed by atoms with E-state index in [1.165, 1.54) is 12.3 Å². The first-order valence-corrected chi connectivity index (χ1v) is 9.72. The van der Waals surface area contributed by atoms with Crippen LogP contribution in [0.1, 0.15) is 32.1 Å². The molecular weight excluding hydrogens is 412 g/mol. The molecule has 1 atom stereocenters. The van der Waals surface area contributed by atoms with Crippen molar-refractivity contribution < 1.29 is 23.5 Å². The standard InChI is InChI=1S/C21H15F2N3O3S/c1-10-20(30-11(2)25-10)18(27)16-17(15-5-3-4-8-24-15)26(21(29)19(16)28)12-6-7-13(22)14(23)9-12/h3-9,17,28H,1-2H3. The summed E-state index contributed by atoms with van der Waals surface area (Å²) in [6.45, 7) is 3.40. The molecule has 30 heavy (non-hydrogen) atoms. The molecule has 0 aliphatic carbocycles. The lowest BCUT2D eigenvalue weighted by Crippen LogP contribution is -2.31. The zero-order valence-electron chi connectivity index (χ0n) is 15.9. The number of aryl methyl sites for hydroxylation is 2. The number of amides is 1. The quantitative estimate of drug-likeness (QED) is 0.631. The van der Waals surface area contributed by atoms with E-state index in [0.717, 1.165) is 28.4 Å². The first kappa shape index (κ1) is 19.8. The highest BCUT2D eigenvalue weighted by molar-refractivity contribution is 7.14. The Bertz CT molecular complexity index is 1210. The normalized spacial score (nSPS) is 16.5. The van der Waals surface area contributed by atoms with Crippen LogP contribution in [-0.4, -0.2) is 26.8 Å². The Labute approximate surface area is 174 Å². The van der Waals surface area contributed by atoms with Crippen LogP contribution in [0.25, 0.3) is 0 Å². The van der Waals surface area contributed by atoms with Crippen LogP contribution in [0, 0.1) is 25.5 Å². The van der Waals surface area contributed by atoms with Gasteiger partial charge in [0, 0.05) is 18.0 Å². The van der Waals surface area contributed by atoms with Crippen LogP contribution in [-0.2, 0) is 4.79 Å². The number of carbonyl (C=O) groups is 2. The average molecular weight is 427 g/mol. The molecule has 0 spiro atoms. The second-order valence-corrected chi connectivity index (χ2v) is 7.87. The van der Waals surface area contributed by atoms with E-state index in [9.17, 15) is 23.5 Å². The fourth-order valence-corrected chi connectivity index (χ4v) is 4.29. The molecule has 1 aromatic carbocycles. The van der Waals surface area contributed by atoms with Crippen molar-refractivity contribution in [3.63, 3.8) is 0 Å². The molecule has 1 aliphatic rings. The first-order chi connectivity index (χ1) is 14.3. The molecule has 6 nitrogen and oxygen atoms in total. The number of Topliss-reactive ketones (excluding diaryl/α,β-unsaturated/α-hetero) is 1. The van der Waals surface area contributed by atoms with Gasteiger partial charge >= 0.3 is 0 Å². The minimum Gasteiger partial charge on any atom is -0.503 e. The Morgan fingerprint density at radius 1 is 1.17 bits per heavy atom. The Morgan fingerprint density at radius 3 is 2.53 bits per heavy atom. The number of aromatic nitrogens is 2. The van der Waals surface area contributed by atoms with E-state index in [4.69, 9.17) is 0 Å². The molecule has 9 heteroatoms. The highest BCUT2D eigenvalue weighted by Crippen LogP contribution is 2.42. The van der Waals surface area contributed by atoms with E-state index < -0.39 is 35.1 Å². The maximum absolute atomic E-state index is 13.9. The molecule has 0 radical (unpaired) electrons. The molecule has 1 N–H and O–H groups in total. The van der Waals surface area contributed by atoms with Crippen LogP contribution in [0.15, 0.2) is 53.9 Å². The third kappa shape index (κ3) is 3.17. The molecule has 2 aromatic heterocycles. The average Bonchev–Trinajstić information content (AvgIpc) is 3.20. The number of pyridine rings is 1. The second kappa shape index (κ2) is 7.42. The number of hydrogen-bond donors (Lipinski definition) is 1. The summed E-state index contributed by atoms with van der Waals surface area (Å²) >= 11 is 1.15. The predicted molar refractivity (Wildman–Crippen MR) is 106 cm³/mol. The van der Waals surface area contributed by atoms with Gasteiger partial charge in [0.1, 0.15) is 6.04 Å². The van der Waals surface area contributed by atoms with Crippen molar-refractivity contribution in [2.75, 3.05) is 4.90 Å². The van der Waals surface area contributed by atoms with Crippen LogP contribution in [0.4, 0.5) is 14.5 Å². The Balaban J connectivity index is 1.90. The van der Waals surface area contributed by atoms with Crippen LogP contribution in [0.3, 0.4) is 0 Å². The van der Waals surface area contributed by atoms with Gasteiger partial charge in [-0.15, -0.1) is 11.3 Å². The van der Waals surface area contributed by atoms with Crippen LogP contribution >= 0.6 is 11.3 Å². The van der Waals surface area contributed by atoms with Gasteiger partial charge in [-0.05, 0) is 38.1 Å². The lowest BCUT2D eigenvalue weighted by atomic mass is 9.98. The molecule has 0 fully saturated rings. The highest BCUT2D eigenvalue weighted by atomic mass is 32.1. The zero-order chi connectivity index (χ0) is 21.6. The summed E-state index contributed by atoms with van der Waals surface area (Å²) in [5, 5.41) is 11.3. The SMILES string of the molecule is Cc1nc(C)c(C(=O)C2=C(O)C(=O)N(c3ccc(F)c(F)c3)C2c2ccccn2)s1. The van der Waals surface area contributed by atoms with Gasteiger partial charge in [-0.2, -0.15) is 0 Å². The third-order valence-electron chi connectivity index (χ3n) is 4.71. The van der Waals surface area contributed by atoms with Crippen LogP contribution in [0.2, 0.25) is 0 Å². The molecule has 0 saturated heterocycles. The summed E-state index contributed by atoms with van der Waals surface area (Å²) in [6.07, 6.45) is 1.47. The molecule has 152 valence electrons. The number of benzene rings is 1. The first-order valence-electron chi connectivity index (χ1n) is 8.91. The van der Waals surface area contributed by atoms with E-state index in [1.54, 1.807) is 32.0 Å². The number of aliphatic hydroxyl groups excluding tert-OH is 1. The lowest BCUT2D eigenvalue weighted by molar-refractivity contribution is -0.117. The van der Waals surface area contributed by atoms with Crippen LogP contribution in [0.5, 0.6) is 0 Å². The number of anilines is 1. The maximum atomic E-state index is 13.9. The van der Waals surface area contributed by atoms with Gasteiger partial charge < -0.3 is 5.11 Å². The highest BCUT2D eigenvalue weighted by Gasteiger charge is 2.46. The van der Waals surface area contributed by atoms with E-state index in [-0.39, 0.29) is 16.1 Å². The third-order valence-corrected chi connectivity index (χ3v) is 5.78. The number of aliphatic hydroxyl groups is 1. The molecular formula is C21H15F2N3O3S. The van der Waals surface area contributed by atoms with Crippen molar-refractivity contribution in [1.29, 1.82) is 0 Å². The van der Waals surface area contributed by atoms with Gasteiger partial charge in [-0.25, -0.2) is 13.8 Å². The largest absolute Gasteiger partial charge is 0.503 e. The summed E-state index contributed by atoms with van der Waals surface area (Å²) in [5.41, 5.74) is 0.569. The van der Waals surface area contributed by atoms with Gasteiger partial charge in [0.25, 0.3) is 5.91 Å². The van der Waals surface area contributed by atoms with Gasteiger partial charge in [-0.3, -0.25) is 19.5 Å². The molecule has 4 rings (SSSR count). The number of rotatable bonds is 4. The summed E-state index contributed by atoms with van der Waals surface area (Å²) < 4.78 is 27.3. The number of nitrogens with zero attached hydrogens (tertiary/aromatic N) is 3. The minimum atomic E-state index is -1.16.